The molecule has 1 heterocycles. The summed E-state index contributed by atoms with van der Waals surface area (Å²) < 4.78 is 37.2. The molecule has 0 amide bonds. The Morgan fingerprint density at radius 1 is 1.20 bits per heavy atom. The summed E-state index contributed by atoms with van der Waals surface area (Å²) in [6.45, 7) is 0.639. The van der Waals surface area contributed by atoms with Crippen LogP contribution in [0.1, 0.15) is 36.8 Å². The summed E-state index contributed by atoms with van der Waals surface area (Å²) in [4.78, 5) is 11.5. The second-order valence-corrected chi connectivity index (χ2v) is 5.12. The van der Waals surface area contributed by atoms with Crippen molar-refractivity contribution in [3.8, 4) is 11.5 Å². The Bertz CT molecular complexity index is 552. The quantitative estimate of drug-likeness (QED) is 0.927. The van der Waals surface area contributed by atoms with Crippen LogP contribution in [0.3, 0.4) is 0 Å². The molecule has 1 saturated carbocycles. The van der Waals surface area contributed by atoms with E-state index in [1.165, 1.54) is 12.1 Å². The van der Waals surface area contributed by atoms with Crippen LogP contribution in [0.15, 0.2) is 12.1 Å². The molecule has 1 fully saturated rings. The second-order valence-electron chi connectivity index (χ2n) is 5.12. The van der Waals surface area contributed by atoms with E-state index < -0.39 is 17.8 Å². The molecule has 0 radical (unpaired) electrons. The minimum atomic E-state index is -2.74. The number of carboxylic acids is 1. The second kappa shape index (κ2) is 4.61. The molecular weight excluding hydrogens is 270 g/mol. The van der Waals surface area contributed by atoms with Crippen LogP contribution in [0.2, 0.25) is 0 Å². The largest absolute Gasteiger partial charge is 0.486 e. The summed E-state index contributed by atoms with van der Waals surface area (Å²) in [6.07, 6.45) is -1.26. The van der Waals surface area contributed by atoms with Gasteiger partial charge in [0.2, 0.25) is 0 Å². The first-order chi connectivity index (χ1) is 9.54. The molecule has 1 N–H and O–H groups in total. The fourth-order valence-corrected chi connectivity index (χ4v) is 2.83. The van der Waals surface area contributed by atoms with Crippen molar-refractivity contribution < 1.29 is 28.2 Å². The van der Waals surface area contributed by atoms with Gasteiger partial charge in [-0.1, -0.05) is 6.42 Å². The molecular formula is C14H14F2O4. The van der Waals surface area contributed by atoms with Gasteiger partial charge in [0.15, 0.2) is 11.5 Å². The number of ether oxygens (including phenoxy) is 2. The highest BCUT2D eigenvalue weighted by Crippen LogP contribution is 2.50. The zero-order valence-electron chi connectivity index (χ0n) is 10.7. The van der Waals surface area contributed by atoms with Gasteiger partial charge in [0.25, 0.3) is 6.43 Å². The van der Waals surface area contributed by atoms with Crippen LogP contribution in [0.4, 0.5) is 8.78 Å². The van der Waals surface area contributed by atoms with E-state index in [-0.39, 0.29) is 16.9 Å². The zero-order valence-corrected chi connectivity index (χ0v) is 10.7. The van der Waals surface area contributed by atoms with Gasteiger partial charge < -0.3 is 14.6 Å². The average molecular weight is 284 g/mol. The topological polar surface area (TPSA) is 55.8 Å². The lowest BCUT2D eigenvalue weighted by molar-refractivity contribution is -0.147. The van der Waals surface area contributed by atoms with Crippen molar-refractivity contribution in [1.82, 2.24) is 0 Å². The van der Waals surface area contributed by atoms with Crippen LogP contribution in [0.5, 0.6) is 11.5 Å². The molecule has 0 atom stereocenters. The fourth-order valence-electron chi connectivity index (χ4n) is 2.83. The first-order valence-electron chi connectivity index (χ1n) is 6.50. The number of fused-ring (bicyclic) bond motifs is 1. The maximum atomic E-state index is 13.3. The molecule has 108 valence electrons. The van der Waals surface area contributed by atoms with Gasteiger partial charge in [-0.05, 0) is 30.5 Å². The van der Waals surface area contributed by atoms with Crippen molar-refractivity contribution in [2.45, 2.75) is 31.1 Å². The molecule has 0 unspecified atom stereocenters. The molecule has 20 heavy (non-hydrogen) atoms. The van der Waals surface area contributed by atoms with Gasteiger partial charge in [-0.2, -0.15) is 0 Å². The molecule has 6 heteroatoms. The van der Waals surface area contributed by atoms with E-state index in [1.807, 2.05) is 0 Å². The van der Waals surface area contributed by atoms with Crippen molar-refractivity contribution in [3.63, 3.8) is 0 Å². The van der Waals surface area contributed by atoms with Gasteiger partial charge in [0.1, 0.15) is 13.2 Å². The van der Waals surface area contributed by atoms with E-state index in [2.05, 4.69) is 0 Å². The Hall–Kier alpha value is -1.85. The standard InChI is InChI=1S/C14H14F2O4/c15-12(16)8-6-10-11(20-5-4-19-10)7-9(8)14(13(17)18)2-1-3-14/h6-7,12H,1-5H2,(H,17,18). The predicted molar refractivity (Wildman–Crippen MR) is 65.6 cm³/mol. The monoisotopic (exact) mass is 284 g/mol. The van der Waals surface area contributed by atoms with Gasteiger partial charge in [-0.25, -0.2) is 8.78 Å². The van der Waals surface area contributed by atoms with Crippen molar-refractivity contribution in [1.29, 1.82) is 0 Å². The molecule has 0 aromatic heterocycles. The zero-order chi connectivity index (χ0) is 14.3. The first kappa shape index (κ1) is 13.1. The smallest absolute Gasteiger partial charge is 0.314 e. The van der Waals surface area contributed by atoms with E-state index in [4.69, 9.17) is 9.47 Å². The Morgan fingerprint density at radius 3 is 2.25 bits per heavy atom. The number of hydrogen-bond donors (Lipinski definition) is 1. The van der Waals surface area contributed by atoms with Gasteiger partial charge in [0, 0.05) is 5.56 Å². The van der Waals surface area contributed by atoms with E-state index >= 15 is 0 Å². The summed E-state index contributed by atoms with van der Waals surface area (Å²) in [5.74, 6) is -0.444. The van der Waals surface area contributed by atoms with Crippen LogP contribution >= 0.6 is 0 Å². The number of alkyl halides is 2. The maximum Gasteiger partial charge on any atom is 0.314 e. The van der Waals surface area contributed by atoms with E-state index in [0.29, 0.717) is 31.8 Å². The SMILES string of the molecule is O=C(O)C1(c2cc3c(cc2C(F)F)OCCO3)CCC1. The lowest BCUT2D eigenvalue weighted by Crippen LogP contribution is -2.43. The van der Waals surface area contributed by atoms with Crippen LogP contribution in [-0.2, 0) is 10.2 Å². The van der Waals surface area contributed by atoms with Gasteiger partial charge in [-0.15, -0.1) is 0 Å². The summed E-state index contributed by atoms with van der Waals surface area (Å²) in [5.41, 5.74) is -1.31. The molecule has 1 aromatic carbocycles. The number of carboxylic acid groups (broad SMARTS) is 1. The van der Waals surface area contributed by atoms with Crippen molar-refractivity contribution in [3.05, 3.63) is 23.3 Å². The Morgan fingerprint density at radius 2 is 1.80 bits per heavy atom. The highest BCUT2D eigenvalue weighted by atomic mass is 19.3. The summed E-state index contributed by atoms with van der Waals surface area (Å²) in [7, 11) is 0. The fraction of sp³-hybridized carbons (Fsp3) is 0.500. The van der Waals surface area contributed by atoms with Crippen LogP contribution in [0, 0.1) is 0 Å². The normalized spacial score (nSPS) is 19.6. The average Bonchev–Trinajstić information content (AvgIpc) is 2.36. The van der Waals surface area contributed by atoms with Gasteiger partial charge >= 0.3 is 5.97 Å². The maximum absolute atomic E-state index is 13.3. The van der Waals surface area contributed by atoms with E-state index in [1.54, 1.807) is 0 Å². The molecule has 3 rings (SSSR count). The van der Waals surface area contributed by atoms with Gasteiger partial charge in [-0.3, -0.25) is 4.79 Å². The predicted octanol–water partition coefficient (Wildman–Crippen LogP) is 2.90. The molecule has 1 aliphatic carbocycles. The Balaban J connectivity index is 2.15. The molecule has 0 spiro atoms. The number of carbonyl (C=O) groups is 1. The van der Waals surface area contributed by atoms with Crippen LogP contribution in [0.25, 0.3) is 0 Å². The lowest BCUT2D eigenvalue weighted by Gasteiger charge is -2.39. The molecule has 1 aliphatic heterocycles. The van der Waals surface area contributed by atoms with E-state index in [0.717, 1.165) is 6.42 Å². The summed E-state index contributed by atoms with van der Waals surface area (Å²) >= 11 is 0. The number of rotatable bonds is 3. The Kier molecular flexibility index (Phi) is 3.03. The summed E-state index contributed by atoms with van der Waals surface area (Å²) in [6, 6.07) is 2.64. The molecule has 0 saturated heterocycles. The van der Waals surface area contributed by atoms with Crippen LogP contribution in [-0.4, -0.2) is 24.3 Å². The Labute approximate surface area is 114 Å². The molecule has 0 bridgehead atoms. The van der Waals surface area contributed by atoms with Crippen molar-refractivity contribution in [2.24, 2.45) is 0 Å². The summed E-state index contributed by atoms with van der Waals surface area (Å²) in [5, 5.41) is 9.43. The highest BCUT2D eigenvalue weighted by molar-refractivity contribution is 5.83. The molecule has 4 nitrogen and oxygen atoms in total. The number of halogens is 2. The number of hydrogen-bond acceptors (Lipinski definition) is 3. The van der Waals surface area contributed by atoms with Crippen LogP contribution < -0.4 is 9.47 Å². The van der Waals surface area contributed by atoms with Crippen molar-refractivity contribution in [2.75, 3.05) is 13.2 Å². The minimum Gasteiger partial charge on any atom is -0.486 e. The first-order valence-corrected chi connectivity index (χ1v) is 6.50. The molecule has 1 aromatic rings. The third-order valence-corrected chi connectivity index (χ3v) is 4.08. The third kappa shape index (κ3) is 1.82. The molecule has 2 aliphatic rings. The van der Waals surface area contributed by atoms with Crippen molar-refractivity contribution >= 4 is 5.97 Å². The number of aliphatic carboxylic acids is 1. The number of benzene rings is 1. The third-order valence-electron chi connectivity index (χ3n) is 4.08. The van der Waals surface area contributed by atoms with E-state index in [9.17, 15) is 18.7 Å². The lowest BCUT2D eigenvalue weighted by atomic mass is 9.63. The van der Waals surface area contributed by atoms with Gasteiger partial charge in [0.05, 0.1) is 5.41 Å². The highest BCUT2D eigenvalue weighted by Gasteiger charge is 2.48. The minimum absolute atomic E-state index is 0.163.